The van der Waals surface area contributed by atoms with Gasteiger partial charge < -0.3 is 9.47 Å². The zero-order valence-electron chi connectivity index (χ0n) is 11.5. The molecule has 0 aliphatic rings. The quantitative estimate of drug-likeness (QED) is 0.608. The van der Waals surface area contributed by atoms with E-state index in [4.69, 9.17) is 4.74 Å². The van der Waals surface area contributed by atoms with Crippen LogP contribution in [0, 0.1) is 0 Å². The van der Waals surface area contributed by atoms with Crippen LogP contribution in [0.25, 0.3) is 0 Å². The number of aliphatic imine (C=N–C) groups is 1. The molecule has 1 aromatic rings. The van der Waals surface area contributed by atoms with Crippen LogP contribution >= 0.6 is 0 Å². The molecule has 0 bridgehead atoms. The average Bonchev–Trinajstić information content (AvgIpc) is 2.34. The minimum atomic E-state index is -0.649. The lowest BCUT2D eigenvalue weighted by Gasteiger charge is -2.17. The number of ether oxygens (including phenoxy) is 2. The van der Waals surface area contributed by atoms with Gasteiger partial charge in [0.15, 0.2) is 0 Å². The third kappa shape index (κ3) is 5.33. The summed E-state index contributed by atoms with van der Waals surface area (Å²) in [5.41, 5.74) is 0.568. The van der Waals surface area contributed by atoms with Gasteiger partial charge in [-0.25, -0.2) is 9.59 Å². The van der Waals surface area contributed by atoms with Crippen molar-refractivity contribution in [3.05, 3.63) is 35.4 Å². The predicted octanol–water partition coefficient (Wildman–Crippen LogP) is 2.83. The molecule has 1 aromatic carbocycles. The number of esters is 1. The van der Waals surface area contributed by atoms with Gasteiger partial charge in [-0.2, -0.15) is 4.99 Å². The number of rotatable bonds is 2. The van der Waals surface area contributed by atoms with Gasteiger partial charge in [0.2, 0.25) is 0 Å². The first-order valence-electron chi connectivity index (χ1n) is 5.77. The van der Waals surface area contributed by atoms with E-state index in [0.717, 1.165) is 0 Å². The smallest absolute Gasteiger partial charge is 0.434 e. The summed E-state index contributed by atoms with van der Waals surface area (Å²) in [6.07, 6.45) is 0.735. The van der Waals surface area contributed by atoms with Gasteiger partial charge in [0.25, 0.3) is 0 Å². The summed E-state index contributed by atoms with van der Waals surface area (Å²) in [6.45, 7) is 5.31. The number of hydrogen-bond acceptors (Lipinski definition) is 4. The molecule has 5 nitrogen and oxygen atoms in total. The van der Waals surface area contributed by atoms with Crippen molar-refractivity contribution in [2.24, 2.45) is 4.99 Å². The van der Waals surface area contributed by atoms with Crippen molar-refractivity contribution in [3.8, 4) is 0 Å². The van der Waals surface area contributed by atoms with Gasteiger partial charge in [-0.15, -0.1) is 0 Å². The number of methoxy groups -OCH3 is 1. The Kier molecular flexibility index (Phi) is 4.80. The monoisotopic (exact) mass is 263 g/mol. The van der Waals surface area contributed by atoms with Gasteiger partial charge in [-0.05, 0) is 38.5 Å². The van der Waals surface area contributed by atoms with Gasteiger partial charge >= 0.3 is 12.1 Å². The SMILES string of the molecule is COC(=O)c1ccc(/C=N/C(=O)OC(C)(C)C)cc1. The number of carbonyl (C=O) groups is 2. The maximum Gasteiger partial charge on any atom is 0.434 e. The van der Waals surface area contributed by atoms with E-state index in [0.29, 0.717) is 11.1 Å². The van der Waals surface area contributed by atoms with E-state index in [1.807, 2.05) is 0 Å². The van der Waals surface area contributed by atoms with Crippen LogP contribution in [0.1, 0.15) is 36.7 Å². The second-order valence-corrected chi connectivity index (χ2v) is 4.85. The fourth-order valence-electron chi connectivity index (χ4n) is 1.24. The van der Waals surface area contributed by atoms with Crippen LogP contribution in [0.5, 0.6) is 0 Å². The molecular formula is C14H17NO4. The number of amides is 1. The minimum Gasteiger partial charge on any atom is -0.465 e. The van der Waals surface area contributed by atoms with E-state index in [9.17, 15) is 9.59 Å². The topological polar surface area (TPSA) is 65.0 Å². The van der Waals surface area contributed by atoms with Crippen molar-refractivity contribution in [3.63, 3.8) is 0 Å². The van der Waals surface area contributed by atoms with Crippen molar-refractivity contribution < 1.29 is 19.1 Å². The largest absolute Gasteiger partial charge is 0.465 e. The number of carbonyl (C=O) groups excluding carboxylic acids is 2. The molecule has 0 spiro atoms. The van der Waals surface area contributed by atoms with Gasteiger partial charge in [0.05, 0.1) is 12.7 Å². The fourth-order valence-corrected chi connectivity index (χ4v) is 1.24. The highest BCUT2D eigenvalue weighted by Crippen LogP contribution is 2.08. The van der Waals surface area contributed by atoms with Crippen LogP contribution in [0.4, 0.5) is 4.79 Å². The lowest BCUT2D eigenvalue weighted by Crippen LogP contribution is -2.21. The Labute approximate surface area is 112 Å². The Balaban J connectivity index is 2.68. The van der Waals surface area contributed by atoms with Gasteiger partial charge in [0.1, 0.15) is 5.60 Å². The molecule has 0 radical (unpaired) electrons. The molecule has 0 heterocycles. The molecule has 0 saturated heterocycles. The highest BCUT2D eigenvalue weighted by Gasteiger charge is 2.14. The van der Waals surface area contributed by atoms with Crippen molar-refractivity contribution in [1.29, 1.82) is 0 Å². The summed E-state index contributed by atoms with van der Waals surface area (Å²) in [5, 5.41) is 0. The Hall–Kier alpha value is -2.17. The van der Waals surface area contributed by atoms with E-state index in [-0.39, 0.29) is 0 Å². The standard InChI is InChI=1S/C14H17NO4/c1-14(2,3)19-13(17)15-9-10-5-7-11(8-6-10)12(16)18-4/h5-9H,1-4H3/b15-9+. The summed E-state index contributed by atoms with van der Waals surface area (Å²) >= 11 is 0. The van der Waals surface area contributed by atoms with Crippen LogP contribution in [0.15, 0.2) is 29.3 Å². The maximum absolute atomic E-state index is 11.4. The molecule has 0 unspecified atom stereocenters. The lowest BCUT2D eigenvalue weighted by molar-refractivity contribution is 0.0592. The van der Waals surface area contributed by atoms with Crippen LogP contribution in [0.2, 0.25) is 0 Å². The molecule has 0 aliphatic heterocycles. The number of hydrogen-bond donors (Lipinski definition) is 0. The molecule has 1 rings (SSSR count). The average molecular weight is 263 g/mol. The molecule has 0 aliphatic carbocycles. The van der Waals surface area contributed by atoms with Crippen molar-refractivity contribution in [1.82, 2.24) is 0 Å². The van der Waals surface area contributed by atoms with Gasteiger partial charge in [-0.1, -0.05) is 12.1 Å². The predicted molar refractivity (Wildman–Crippen MR) is 71.6 cm³/mol. The van der Waals surface area contributed by atoms with E-state index in [1.165, 1.54) is 13.3 Å². The summed E-state index contributed by atoms with van der Waals surface area (Å²) in [4.78, 5) is 26.2. The Morgan fingerprint density at radius 1 is 1.16 bits per heavy atom. The first kappa shape index (κ1) is 14.9. The van der Waals surface area contributed by atoms with Gasteiger partial charge in [0, 0.05) is 6.21 Å². The number of nitrogens with zero attached hydrogens (tertiary/aromatic N) is 1. The maximum atomic E-state index is 11.4. The van der Waals surface area contributed by atoms with Crippen molar-refractivity contribution in [2.45, 2.75) is 26.4 Å². The summed E-state index contributed by atoms with van der Waals surface area (Å²) in [6, 6.07) is 6.53. The summed E-state index contributed by atoms with van der Waals surface area (Å²) in [7, 11) is 1.32. The van der Waals surface area contributed by atoms with Crippen molar-refractivity contribution in [2.75, 3.05) is 7.11 Å². The first-order chi connectivity index (χ1) is 8.81. The van der Waals surface area contributed by atoms with Crippen LogP contribution in [0.3, 0.4) is 0 Å². The highest BCUT2D eigenvalue weighted by atomic mass is 16.6. The highest BCUT2D eigenvalue weighted by molar-refractivity contribution is 5.92. The number of benzene rings is 1. The molecule has 5 heteroatoms. The molecular weight excluding hydrogens is 246 g/mol. The summed E-state index contributed by atoms with van der Waals surface area (Å²) < 4.78 is 9.61. The molecule has 0 atom stereocenters. The van der Waals surface area contributed by atoms with E-state index >= 15 is 0 Å². The first-order valence-corrected chi connectivity index (χ1v) is 5.77. The van der Waals surface area contributed by atoms with E-state index in [1.54, 1.807) is 45.0 Å². The van der Waals surface area contributed by atoms with E-state index in [2.05, 4.69) is 9.73 Å². The zero-order chi connectivity index (χ0) is 14.5. The Morgan fingerprint density at radius 2 is 1.74 bits per heavy atom. The Bertz CT molecular complexity index is 483. The molecule has 0 aromatic heterocycles. The zero-order valence-corrected chi connectivity index (χ0v) is 11.5. The lowest BCUT2D eigenvalue weighted by atomic mass is 10.1. The third-order valence-electron chi connectivity index (χ3n) is 2.04. The molecule has 0 N–H and O–H groups in total. The minimum absolute atomic E-state index is 0.407. The molecule has 19 heavy (non-hydrogen) atoms. The molecule has 0 fully saturated rings. The van der Waals surface area contributed by atoms with E-state index < -0.39 is 17.7 Å². The molecule has 0 saturated carbocycles. The Morgan fingerprint density at radius 3 is 2.21 bits per heavy atom. The third-order valence-corrected chi connectivity index (χ3v) is 2.04. The second-order valence-electron chi connectivity index (χ2n) is 4.85. The van der Waals surface area contributed by atoms with Gasteiger partial charge in [-0.3, -0.25) is 0 Å². The fraction of sp³-hybridized carbons (Fsp3) is 0.357. The second kappa shape index (κ2) is 6.13. The molecule has 102 valence electrons. The summed E-state index contributed by atoms with van der Waals surface area (Å²) in [5.74, 6) is -0.407. The van der Waals surface area contributed by atoms with Crippen LogP contribution < -0.4 is 0 Å². The normalized spacial score (nSPS) is 11.4. The van der Waals surface area contributed by atoms with Crippen LogP contribution in [-0.2, 0) is 9.47 Å². The van der Waals surface area contributed by atoms with Crippen LogP contribution in [-0.4, -0.2) is 31.0 Å². The molecule has 1 amide bonds. The van der Waals surface area contributed by atoms with Crippen molar-refractivity contribution >= 4 is 18.3 Å².